The molecular weight excluding hydrogens is 285 g/mol. The number of nitrogens with zero attached hydrogens (tertiary/aromatic N) is 2. The monoisotopic (exact) mass is 295 g/mol. The molecule has 1 aromatic carbocycles. The molecule has 0 saturated heterocycles. The molecule has 0 aliphatic carbocycles. The van der Waals surface area contributed by atoms with Crippen LogP contribution in [0.15, 0.2) is 28.8 Å². The van der Waals surface area contributed by atoms with E-state index in [0.29, 0.717) is 5.76 Å². The number of hydrogen-bond acceptors (Lipinski definition) is 5. The second-order valence-electron chi connectivity index (χ2n) is 4.06. The second kappa shape index (κ2) is 5.30. The summed E-state index contributed by atoms with van der Waals surface area (Å²) in [5.74, 6) is -0.727. The molecule has 104 valence electrons. The van der Waals surface area contributed by atoms with E-state index < -0.39 is 21.6 Å². The van der Waals surface area contributed by atoms with Crippen LogP contribution in [0.4, 0.5) is 10.1 Å². The molecule has 0 fully saturated rings. The van der Waals surface area contributed by atoms with Crippen molar-refractivity contribution in [2.24, 2.45) is 0 Å². The molecule has 8 heteroatoms. The first-order chi connectivity index (χ1) is 9.41. The van der Waals surface area contributed by atoms with Gasteiger partial charge in [0.25, 0.3) is 0 Å². The number of sulfonamides is 1. The van der Waals surface area contributed by atoms with Crippen LogP contribution in [0.5, 0.6) is 0 Å². The molecule has 0 atom stereocenters. The van der Waals surface area contributed by atoms with Crippen molar-refractivity contribution in [2.75, 3.05) is 4.72 Å². The Kier molecular flexibility index (Phi) is 3.72. The standard InChI is InChI=1S/C12H10FN3O3S/c1-8-5-9(15-19-8)7-20(17,18)16-12-4-2-3-11(13)10(12)6-14/h2-5,16H,7H2,1H3. The van der Waals surface area contributed by atoms with E-state index in [1.165, 1.54) is 18.2 Å². The van der Waals surface area contributed by atoms with Gasteiger partial charge < -0.3 is 4.52 Å². The maximum Gasteiger partial charge on any atom is 0.238 e. The van der Waals surface area contributed by atoms with Crippen LogP contribution in [-0.4, -0.2) is 13.6 Å². The van der Waals surface area contributed by atoms with Crippen molar-refractivity contribution in [1.82, 2.24) is 5.16 Å². The predicted molar refractivity (Wildman–Crippen MR) is 68.6 cm³/mol. The van der Waals surface area contributed by atoms with E-state index in [-0.39, 0.29) is 16.9 Å². The number of benzene rings is 1. The molecule has 0 spiro atoms. The predicted octanol–water partition coefficient (Wildman–Crippen LogP) is 1.94. The van der Waals surface area contributed by atoms with Crippen LogP contribution in [-0.2, 0) is 15.8 Å². The van der Waals surface area contributed by atoms with Crippen molar-refractivity contribution in [2.45, 2.75) is 12.7 Å². The van der Waals surface area contributed by atoms with Crippen LogP contribution in [0, 0.1) is 24.1 Å². The number of nitrogens with one attached hydrogen (secondary N) is 1. The Hall–Kier alpha value is -2.40. The quantitative estimate of drug-likeness (QED) is 0.929. The summed E-state index contributed by atoms with van der Waals surface area (Å²) in [4.78, 5) is 0. The highest BCUT2D eigenvalue weighted by Crippen LogP contribution is 2.20. The number of rotatable bonds is 4. The molecule has 6 nitrogen and oxygen atoms in total. The fourth-order valence-corrected chi connectivity index (χ4v) is 2.71. The molecule has 2 aromatic rings. The van der Waals surface area contributed by atoms with Gasteiger partial charge in [0.05, 0.1) is 5.69 Å². The minimum atomic E-state index is -3.81. The van der Waals surface area contributed by atoms with Crippen LogP contribution in [0.2, 0.25) is 0 Å². The van der Waals surface area contributed by atoms with Gasteiger partial charge in [-0.3, -0.25) is 4.72 Å². The third-order valence-electron chi connectivity index (χ3n) is 2.41. The zero-order valence-corrected chi connectivity index (χ0v) is 11.2. The number of hydrogen-bond donors (Lipinski definition) is 1. The highest BCUT2D eigenvalue weighted by atomic mass is 32.2. The maximum atomic E-state index is 13.4. The van der Waals surface area contributed by atoms with Crippen LogP contribution in [0.3, 0.4) is 0 Å². The van der Waals surface area contributed by atoms with Crippen molar-refractivity contribution in [3.05, 3.63) is 47.1 Å². The lowest BCUT2D eigenvalue weighted by atomic mass is 10.2. The van der Waals surface area contributed by atoms with E-state index in [4.69, 9.17) is 9.78 Å². The highest BCUT2D eigenvalue weighted by Gasteiger charge is 2.17. The van der Waals surface area contributed by atoms with Gasteiger partial charge in [-0.15, -0.1) is 0 Å². The van der Waals surface area contributed by atoms with Crippen molar-refractivity contribution < 1.29 is 17.3 Å². The molecule has 0 amide bonds. The van der Waals surface area contributed by atoms with E-state index in [1.807, 2.05) is 0 Å². The molecule has 0 saturated carbocycles. The largest absolute Gasteiger partial charge is 0.361 e. The first kappa shape index (κ1) is 14.0. The van der Waals surface area contributed by atoms with Gasteiger partial charge in [-0.25, -0.2) is 12.8 Å². The topological polar surface area (TPSA) is 96.0 Å². The summed E-state index contributed by atoms with van der Waals surface area (Å²) in [6.45, 7) is 1.64. The molecular formula is C12H10FN3O3S. The summed E-state index contributed by atoms with van der Waals surface area (Å²) < 4.78 is 44.2. The second-order valence-corrected chi connectivity index (χ2v) is 5.79. The van der Waals surface area contributed by atoms with Gasteiger partial charge >= 0.3 is 0 Å². The number of aryl methyl sites for hydroxylation is 1. The average Bonchev–Trinajstić information content (AvgIpc) is 2.73. The Morgan fingerprint density at radius 1 is 1.50 bits per heavy atom. The molecule has 0 bridgehead atoms. The van der Waals surface area contributed by atoms with Gasteiger partial charge in [-0.1, -0.05) is 11.2 Å². The Morgan fingerprint density at radius 3 is 2.85 bits per heavy atom. The Labute approximate surface area is 114 Å². The van der Waals surface area contributed by atoms with E-state index in [9.17, 15) is 12.8 Å². The fourth-order valence-electron chi connectivity index (χ4n) is 1.61. The van der Waals surface area contributed by atoms with Gasteiger partial charge in [0.1, 0.15) is 34.7 Å². The maximum absolute atomic E-state index is 13.4. The molecule has 1 heterocycles. The summed E-state index contributed by atoms with van der Waals surface area (Å²) in [6, 6.07) is 6.81. The number of anilines is 1. The Bertz CT molecular complexity index is 777. The van der Waals surface area contributed by atoms with Gasteiger partial charge in [0, 0.05) is 6.07 Å². The molecule has 0 radical (unpaired) electrons. The lowest BCUT2D eigenvalue weighted by Crippen LogP contribution is -2.16. The first-order valence-corrected chi connectivity index (χ1v) is 7.18. The molecule has 0 aliphatic heterocycles. The minimum absolute atomic E-state index is 0.104. The molecule has 1 aromatic heterocycles. The van der Waals surface area contributed by atoms with Crippen LogP contribution >= 0.6 is 0 Å². The average molecular weight is 295 g/mol. The molecule has 0 unspecified atom stereocenters. The third-order valence-corrected chi connectivity index (χ3v) is 3.61. The van der Waals surface area contributed by atoms with Crippen molar-refractivity contribution in [3.63, 3.8) is 0 Å². The van der Waals surface area contributed by atoms with E-state index in [1.54, 1.807) is 13.0 Å². The number of aromatic nitrogens is 1. The summed E-state index contributed by atoms with van der Waals surface area (Å²) in [7, 11) is -3.81. The number of halogens is 1. The van der Waals surface area contributed by atoms with Crippen LogP contribution < -0.4 is 4.72 Å². The van der Waals surface area contributed by atoms with Gasteiger partial charge in [-0.05, 0) is 19.1 Å². The minimum Gasteiger partial charge on any atom is -0.361 e. The summed E-state index contributed by atoms with van der Waals surface area (Å²) >= 11 is 0. The number of nitriles is 1. The Balaban J connectivity index is 2.25. The van der Waals surface area contributed by atoms with Gasteiger partial charge in [-0.2, -0.15) is 5.26 Å². The lowest BCUT2D eigenvalue weighted by Gasteiger charge is -2.08. The molecule has 2 rings (SSSR count). The smallest absolute Gasteiger partial charge is 0.238 e. The molecule has 0 aliphatic rings. The highest BCUT2D eigenvalue weighted by molar-refractivity contribution is 7.91. The van der Waals surface area contributed by atoms with E-state index in [0.717, 1.165) is 6.07 Å². The van der Waals surface area contributed by atoms with Gasteiger partial charge in [0.2, 0.25) is 10.0 Å². The SMILES string of the molecule is Cc1cc(CS(=O)(=O)Nc2cccc(F)c2C#N)no1. The fraction of sp³-hybridized carbons (Fsp3) is 0.167. The zero-order chi connectivity index (χ0) is 14.8. The first-order valence-electron chi connectivity index (χ1n) is 5.52. The molecule has 20 heavy (non-hydrogen) atoms. The van der Waals surface area contributed by atoms with E-state index >= 15 is 0 Å². The summed E-state index contributed by atoms with van der Waals surface area (Å²) in [5.41, 5.74) is -0.231. The normalized spacial score (nSPS) is 11.1. The van der Waals surface area contributed by atoms with Crippen molar-refractivity contribution >= 4 is 15.7 Å². The van der Waals surface area contributed by atoms with Crippen molar-refractivity contribution in [1.29, 1.82) is 5.26 Å². The van der Waals surface area contributed by atoms with Crippen molar-refractivity contribution in [3.8, 4) is 6.07 Å². The van der Waals surface area contributed by atoms with E-state index in [2.05, 4.69) is 9.88 Å². The summed E-state index contributed by atoms with van der Waals surface area (Å²) in [5, 5.41) is 12.4. The van der Waals surface area contributed by atoms with Crippen LogP contribution in [0.1, 0.15) is 17.0 Å². The lowest BCUT2D eigenvalue weighted by molar-refractivity contribution is 0.392. The summed E-state index contributed by atoms with van der Waals surface area (Å²) in [6.07, 6.45) is 0. The van der Waals surface area contributed by atoms with Crippen LogP contribution in [0.25, 0.3) is 0 Å². The zero-order valence-electron chi connectivity index (χ0n) is 10.4. The Morgan fingerprint density at radius 2 is 2.25 bits per heavy atom. The van der Waals surface area contributed by atoms with Gasteiger partial charge in [0.15, 0.2) is 0 Å². The molecule has 1 N–H and O–H groups in total. The third kappa shape index (κ3) is 3.13.